The fraction of sp³-hybridized carbons (Fsp3) is 0.348. The maximum atomic E-state index is 13.4. The van der Waals surface area contributed by atoms with Crippen molar-refractivity contribution in [3.63, 3.8) is 0 Å². The first-order valence-electron chi connectivity index (χ1n) is 10.4. The highest BCUT2D eigenvalue weighted by molar-refractivity contribution is 8.00. The van der Waals surface area contributed by atoms with Crippen LogP contribution in [0.4, 0.5) is 0 Å². The molecule has 2 heterocycles. The zero-order valence-electron chi connectivity index (χ0n) is 17.4. The lowest BCUT2D eigenvalue weighted by molar-refractivity contribution is -0.131. The Morgan fingerprint density at radius 3 is 2.52 bits per heavy atom. The summed E-state index contributed by atoms with van der Waals surface area (Å²) in [7, 11) is 1.89. The molecule has 0 N–H and O–H groups in total. The van der Waals surface area contributed by atoms with Crippen LogP contribution in [-0.4, -0.2) is 38.7 Å². The molecule has 0 bridgehead atoms. The van der Waals surface area contributed by atoms with Gasteiger partial charge in [0.1, 0.15) is 17.6 Å². The van der Waals surface area contributed by atoms with Crippen molar-refractivity contribution >= 4 is 29.3 Å². The highest BCUT2D eigenvalue weighted by Crippen LogP contribution is 2.36. The predicted molar refractivity (Wildman–Crippen MR) is 122 cm³/mol. The Hall–Kier alpha value is -2.51. The first kappa shape index (κ1) is 21.7. The molecule has 1 amide bonds. The van der Waals surface area contributed by atoms with Crippen molar-refractivity contribution in [1.29, 1.82) is 0 Å². The fourth-order valence-corrected chi connectivity index (χ4v) is 4.85. The van der Waals surface area contributed by atoms with Gasteiger partial charge >= 0.3 is 0 Å². The van der Waals surface area contributed by atoms with Crippen LogP contribution in [0.5, 0.6) is 5.75 Å². The standard InChI is InChI=1S/C23H25ClN4O2S/c1-27-20(16-30-19-13-7-6-12-18(19)24)25-26-23(27)31-21(17-10-4-2-5-11-17)22(29)28-14-8-3-9-15-28/h2,4-7,10-13,21H,3,8-9,14-16H2,1H3/t21-/m1/s1. The third-order valence-electron chi connectivity index (χ3n) is 5.34. The number of thioether (sulfide) groups is 1. The van der Waals surface area contributed by atoms with E-state index in [-0.39, 0.29) is 17.8 Å². The third-order valence-corrected chi connectivity index (χ3v) is 6.92. The Balaban J connectivity index is 1.52. The van der Waals surface area contributed by atoms with Crippen LogP contribution < -0.4 is 4.74 Å². The molecule has 0 spiro atoms. The van der Waals surface area contributed by atoms with E-state index in [0.717, 1.165) is 31.5 Å². The number of piperidine rings is 1. The highest BCUT2D eigenvalue weighted by Gasteiger charge is 2.29. The van der Waals surface area contributed by atoms with E-state index in [1.807, 2.05) is 65.0 Å². The molecular formula is C23H25ClN4O2S. The van der Waals surface area contributed by atoms with Crippen molar-refractivity contribution in [3.05, 3.63) is 71.0 Å². The molecule has 0 aliphatic carbocycles. The number of rotatable bonds is 7. The molecule has 3 aromatic rings. The molecule has 0 saturated carbocycles. The van der Waals surface area contributed by atoms with Crippen molar-refractivity contribution in [2.75, 3.05) is 13.1 Å². The Morgan fingerprint density at radius 1 is 1.06 bits per heavy atom. The summed E-state index contributed by atoms with van der Waals surface area (Å²) in [5.74, 6) is 1.40. The van der Waals surface area contributed by atoms with E-state index >= 15 is 0 Å². The van der Waals surface area contributed by atoms with Gasteiger partial charge in [-0.3, -0.25) is 4.79 Å². The average molecular weight is 457 g/mol. The molecule has 6 nitrogen and oxygen atoms in total. The van der Waals surface area contributed by atoms with E-state index in [9.17, 15) is 4.79 Å². The maximum absolute atomic E-state index is 13.4. The summed E-state index contributed by atoms with van der Waals surface area (Å²) in [6, 6.07) is 17.2. The second-order valence-corrected chi connectivity index (χ2v) is 8.95. The Morgan fingerprint density at radius 2 is 1.77 bits per heavy atom. The van der Waals surface area contributed by atoms with Gasteiger partial charge in [0.05, 0.1) is 5.02 Å². The molecular weight excluding hydrogens is 432 g/mol. The SMILES string of the molecule is Cn1c(COc2ccccc2Cl)nnc1S[C@@H](C(=O)N1CCCCC1)c1ccccc1. The van der Waals surface area contributed by atoms with Gasteiger partial charge in [0.15, 0.2) is 11.0 Å². The fourth-order valence-electron chi connectivity index (χ4n) is 3.55. The summed E-state index contributed by atoms with van der Waals surface area (Å²) in [5.41, 5.74) is 0.972. The summed E-state index contributed by atoms with van der Waals surface area (Å²) >= 11 is 7.60. The quantitative estimate of drug-likeness (QED) is 0.473. The number of hydrogen-bond acceptors (Lipinski definition) is 5. The second kappa shape index (κ2) is 10.2. The van der Waals surface area contributed by atoms with Crippen molar-refractivity contribution in [3.8, 4) is 5.75 Å². The number of para-hydroxylation sites is 1. The lowest BCUT2D eigenvalue weighted by atomic mass is 10.1. The van der Waals surface area contributed by atoms with Gasteiger partial charge in [0.2, 0.25) is 5.91 Å². The minimum atomic E-state index is -0.362. The van der Waals surface area contributed by atoms with Gasteiger partial charge in [-0.05, 0) is 37.0 Å². The normalized spacial score (nSPS) is 15.0. The second-order valence-electron chi connectivity index (χ2n) is 7.47. The van der Waals surface area contributed by atoms with E-state index in [1.54, 1.807) is 6.07 Å². The van der Waals surface area contributed by atoms with Crippen LogP contribution >= 0.6 is 23.4 Å². The first-order chi connectivity index (χ1) is 15.1. The highest BCUT2D eigenvalue weighted by atomic mass is 35.5. The van der Waals surface area contributed by atoms with Crippen molar-refractivity contribution in [2.45, 2.75) is 36.3 Å². The lowest BCUT2D eigenvalue weighted by Crippen LogP contribution is -2.38. The minimum absolute atomic E-state index is 0.132. The van der Waals surface area contributed by atoms with Crippen LogP contribution in [0, 0.1) is 0 Å². The van der Waals surface area contributed by atoms with Gasteiger partial charge in [-0.25, -0.2) is 0 Å². The molecule has 4 rings (SSSR count). The molecule has 31 heavy (non-hydrogen) atoms. The zero-order valence-corrected chi connectivity index (χ0v) is 19.0. The maximum Gasteiger partial charge on any atom is 0.240 e. The molecule has 1 aromatic heterocycles. The van der Waals surface area contributed by atoms with Gasteiger partial charge in [-0.2, -0.15) is 0 Å². The number of hydrogen-bond donors (Lipinski definition) is 0. The topological polar surface area (TPSA) is 60.2 Å². The molecule has 0 unspecified atom stereocenters. The summed E-state index contributed by atoms with van der Waals surface area (Å²) in [5, 5.41) is 9.48. The van der Waals surface area contributed by atoms with Crippen molar-refractivity contribution in [1.82, 2.24) is 19.7 Å². The molecule has 162 valence electrons. The smallest absolute Gasteiger partial charge is 0.240 e. The number of halogens is 1. The van der Waals surface area contributed by atoms with Gasteiger partial charge in [-0.15, -0.1) is 10.2 Å². The number of aromatic nitrogens is 3. The number of nitrogens with zero attached hydrogens (tertiary/aromatic N) is 4. The van der Waals surface area contributed by atoms with Crippen molar-refractivity contribution < 1.29 is 9.53 Å². The molecule has 2 aromatic carbocycles. The summed E-state index contributed by atoms with van der Waals surface area (Å²) in [6.45, 7) is 1.88. The van der Waals surface area contributed by atoms with E-state index in [2.05, 4.69) is 10.2 Å². The van der Waals surface area contributed by atoms with E-state index < -0.39 is 0 Å². The van der Waals surface area contributed by atoms with Crippen molar-refractivity contribution in [2.24, 2.45) is 7.05 Å². The number of carbonyl (C=O) groups is 1. The van der Waals surface area contributed by atoms with Gasteiger partial charge in [0.25, 0.3) is 0 Å². The van der Waals surface area contributed by atoms with Crippen LogP contribution in [0.1, 0.15) is 35.9 Å². The summed E-state index contributed by atoms with van der Waals surface area (Å²) in [6.07, 6.45) is 3.31. The number of carbonyl (C=O) groups excluding carboxylic acids is 1. The number of ether oxygens (including phenoxy) is 1. The van der Waals surface area contributed by atoms with E-state index in [4.69, 9.17) is 16.3 Å². The van der Waals surface area contributed by atoms with Crippen LogP contribution in [0.25, 0.3) is 0 Å². The number of benzene rings is 2. The van der Waals surface area contributed by atoms with Gasteiger partial charge < -0.3 is 14.2 Å². The van der Waals surface area contributed by atoms with Crippen LogP contribution in [0.3, 0.4) is 0 Å². The number of amides is 1. The molecule has 1 atom stereocenters. The average Bonchev–Trinajstić information content (AvgIpc) is 3.16. The lowest BCUT2D eigenvalue weighted by Gasteiger charge is -2.30. The molecule has 1 aliphatic heterocycles. The Bertz CT molecular complexity index is 1020. The summed E-state index contributed by atoms with van der Waals surface area (Å²) in [4.78, 5) is 15.4. The molecule has 1 saturated heterocycles. The van der Waals surface area contributed by atoms with Crippen LogP contribution in [0.2, 0.25) is 5.02 Å². The Kier molecular flexibility index (Phi) is 7.14. The molecule has 1 aliphatic rings. The van der Waals surface area contributed by atoms with Gasteiger partial charge in [0, 0.05) is 20.1 Å². The molecule has 0 radical (unpaired) electrons. The summed E-state index contributed by atoms with van der Waals surface area (Å²) < 4.78 is 7.69. The first-order valence-corrected chi connectivity index (χ1v) is 11.6. The van der Waals surface area contributed by atoms with Gasteiger partial charge in [-0.1, -0.05) is 65.8 Å². The monoisotopic (exact) mass is 456 g/mol. The number of likely N-dealkylation sites (tertiary alicyclic amines) is 1. The third kappa shape index (κ3) is 5.22. The minimum Gasteiger partial charge on any atom is -0.484 e. The van der Waals surface area contributed by atoms with Crippen LogP contribution in [0.15, 0.2) is 59.8 Å². The molecule has 8 heteroatoms. The van der Waals surface area contributed by atoms with Crippen LogP contribution in [-0.2, 0) is 18.4 Å². The largest absolute Gasteiger partial charge is 0.484 e. The van der Waals surface area contributed by atoms with E-state index in [1.165, 1.54) is 18.2 Å². The zero-order chi connectivity index (χ0) is 21.6. The Labute approximate surface area is 191 Å². The molecule has 1 fully saturated rings. The van der Waals surface area contributed by atoms with E-state index in [0.29, 0.717) is 21.8 Å². The predicted octanol–water partition coefficient (Wildman–Crippen LogP) is 4.89.